The number of aromatic nitrogens is 1. The second-order valence-corrected chi connectivity index (χ2v) is 7.71. The number of thioether (sulfide) groups is 1. The molecule has 138 valence electrons. The van der Waals surface area contributed by atoms with E-state index in [0.717, 1.165) is 40.2 Å². The number of hydrazone groups is 1. The topological polar surface area (TPSA) is 54.8 Å². The number of nitrogens with zero attached hydrogens (tertiary/aromatic N) is 3. The van der Waals surface area contributed by atoms with Gasteiger partial charge >= 0.3 is 0 Å². The largest absolute Gasteiger partial charge is 0.467 e. The molecule has 0 bridgehead atoms. The molecule has 1 aliphatic rings. The van der Waals surface area contributed by atoms with E-state index in [1.807, 2.05) is 36.4 Å². The molecular formula is C20H19ClN4OS. The summed E-state index contributed by atoms with van der Waals surface area (Å²) in [6, 6.07) is 13.6. The Morgan fingerprint density at radius 3 is 2.85 bits per heavy atom. The third kappa shape index (κ3) is 3.96. The first-order chi connectivity index (χ1) is 13.1. The molecule has 0 atom stereocenters. The Labute approximate surface area is 167 Å². The lowest BCUT2D eigenvalue weighted by molar-refractivity contribution is 0.489. The van der Waals surface area contributed by atoms with Crippen LogP contribution in [0.1, 0.15) is 22.7 Å². The zero-order valence-electron chi connectivity index (χ0n) is 15.1. The van der Waals surface area contributed by atoms with Crippen LogP contribution in [0.5, 0.6) is 0 Å². The van der Waals surface area contributed by atoms with E-state index >= 15 is 0 Å². The molecular weight excluding hydrogens is 380 g/mol. The molecule has 0 fully saturated rings. The monoisotopic (exact) mass is 398 g/mol. The molecule has 0 radical (unpaired) electrons. The van der Waals surface area contributed by atoms with Crippen LogP contribution >= 0.6 is 23.4 Å². The Morgan fingerprint density at radius 1 is 1.26 bits per heavy atom. The van der Waals surface area contributed by atoms with Crippen molar-refractivity contribution in [1.29, 1.82) is 0 Å². The molecule has 2 aromatic heterocycles. The standard InChI is InChI=1S/C20H19ClN4OS/c1-13-9-18(14(2)25(13)11-17-7-4-8-26-17)19-12-27-20(24-23-19)22-16-6-3-5-15(21)10-16/h3-10H,11-12H2,1-2H3,(H,22,24). The van der Waals surface area contributed by atoms with Crippen molar-refractivity contribution in [3.8, 4) is 0 Å². The molecule has 0 aliphatic carbocycles. The van der Waals surface area contributed by atoms with Crippen LogP contribution in [0.15, 0.2) is 63.2 Å². The van der Waals surface area contributed by atoms with Gasteiger partial charge in [0.1, 0.15) is 5.76 Å². The van der Waals surface area contributed by atoms with Crippen molar-refractivity contribution in [2.24, 2.45) is 10.1 Å². The number of aryl methyl sites for hydroxylation is 1. The second kappa shape index (κ2) is 7.66. The van der Waals surface area contributed by atoms with Gasteiger partial charge in [-0.2, -0.15) is 5.10 Å². The predicted molar refractivity (Wildman–Crippen MR) is 112 cm³/mol. The molecule has 0 amide bonds. The maximum absolute atomic E-state index is 6.02. The van der Waals surface area contributed by atoms with Gasteiger partial charge in [0.05, 0.1) is 24.2 Å². The molecule has 3 heterocycles. The minimum atomic E-state index is 0.672. The Hall–Kier alpha value is -2.44. The summed E-state index contributed by atoms with van der Waals surface area (Å²) in [6.45, 7) is 4.95. The van der Waals surface area contributed by atoms with E-state index in [0.29, 0.717) is 5.02 Å². The van der Waals surface area contributed by atoms with Gasteiger partial charge in [0.25, 0.3) is 0 Å². The van der Waals surface area contributed by atoms with E-state index in [1.165, 1.54) is 11.4 Å². The number of hydrogen-bond donors (Lipinski definition) is 1. The average molecular weight is 399 g/mol. The minimum absolute atomic E-state index is 0.672. The summed E-state index contributed by atoms with van der Waals surface area (Å²) in [6.07, 6.45) is 1.71. The zero-order chi connectivity index (χ0) is 18.8. The lowest BCUT2D eigenvalue weighted by Gasteiger charge is -2.15. The van der Waals surface area contributed by atoms with E-state index < -0.39 is 0 Å². The summed E-state index contributed by atoms with van der Waals surface area (Å²) in [5, 5.41) is 6.00. The zero-order valence-corrected chi connectivity index (χ0v) is 16.6. The predicted octanol–water partition coefficient (Wildman–Crippen LogP) is 5.13. The normalized spacial score (nSPS) is 15.7. The average Bonchev–Trinajstić information content (AvgIpc) is 3.26. The highest BCUT2D eigenvalue weighted by Crippen LogP contribution is 2.24. The lowest BCUT2D eigenvalue weighted by Crippen LogP contribution is -2.25. The van der Waals surface area contributed by atoms with Crippen molar-refractivity contribution in [3.63, 3.8) is 0 Å². The molecule has 0 unspecified atom stereocenters. The number of hydrogen-bond acceptors (Lipinski definition) is 4. The third-order valence-electron chi connectivity index (χ3n) is 4.45. The summed E-state index contributed by atoms with van der Waals surface area (Å²) in [4.78, 5) is 4.56. The van der Waals surface area contributed by atoms with Gasteiger partial charge in [-0.05, 0) is 50.2 Å². The van der Waals surface area contributed by atoms with Crippen LogP contribution in [0, 0.1) is 13.8 Å². The lowest BCUT2D eigenvalue weighted by atomic mass is 10.1. The van der Waals surface area contributed by atoms with Crippen molar-refractivity contribution >= 4 is 39.9 Å². The van der Waals surface area contributed by atoms with Gasteiger partial charge in [0.15, 0.2) is 5.17 Å². The van der Waals surface area contributed by atoms with Crippen LogP contribution in [-0.4, -0.2) is 21.2 Å². The maximum atomic E-state index is 6.02. The Bertz CT molecular complexity index is 1020. The first-order valence-corrected chi connectivity index (χ1v) is 9.95. The van der Waals surface area contributed by atoms with E-state index in [1.54, 1.807) is 18.0 Å². The maximum Gasteiger partial charge on any atom is 0.182 e. The molecule has 0 spiro atoms. The van der Waals surface area contributed by atoms with E-state index in [2.05, 4.69) is 40.0 Å². The van der Waals surface area contributed by atoms with Crippen LogP contribution in [-0.2, 0) is 6.54 Å². The Morgan fingerprint density at radius 2 is 2.15 bits per heavy atom. The van der Waals surface area contributed by atoms with Crippen molar-refractivity contribution in [3.05, 3.63) is 76.5 Å². The molecule has 4 rings (SSSR count). The molecule has 0 saturated carbocycles. The first kappa shape index (κ1) is 17.9. The fraction of sp³-hybridized carbons (Fsp3) is 0.200. The summed E-state index contributed by atoms with van der Waals surface area (Å²) in [5.74, 6) is 1.70. The molecule has 7 heteroatoms. The summed E-state index contributed by atoms with van der Waals surface area (Å²) < 4.78 is 7.74. The minimum Gasteiger partial charge on any atom is -0.467 e. The second-order valence-electron chi connectivity index (χ2n) is 6.31. The summed E-state index contributed by atoms with van der Waals surface area (Å²) in [7, 11) is 0. The number of nitrogens with one attached hydrogen (secondary N) is 1. The van der Waals surface area contributed by atoms with E-state index in [9.17, 15) is 0 Å². The van der Waals surface area contributed by atoms with Crippen molar-refractivity contribution in [2.75, 3.05) is 5.75 Å². The molecule has 0 saturated heterocycles. The SMILES string of the molecule is Cc1cc(C2=NNC(=Nc3cccc(Cl)c3)SC2)c(C)n1Cc1ccco1. The van der Waals surface area contributed by atoms with Gasteiger partial charge in [-0.1, -0.05) is 29.4 Å². The highest BCUT2D eigenvalue weighted by Gasteiger charge is 2.19. The third-order valence-corrected chi connectivity index (χ3v) is 5.56. The van der Waals surface area contributed by atoms with Gasteiger partial charge in [-0.15, -0.1) is 0 Å². The number of halogens is 1. The van der Waals surface area contributed by atoms with Gasteiger partial charge in [0, 0.05) is 27.7 Å². The van der Waals surface area contributed by atoms with Gasteiger partial charge in [-0.3, -0.25) is 5.43 Å². The van der Waals surface area contributed by atoms with Crippen molar-refractivity contribution < 1.29 is 4.42 Å². The highest BCUT2D eigenvalue weighted by molar-refractivity contribution is 8.14. The van der Waals surface area contributed by atoms with E-state index in [4.69, 9.17) is 16.0 Å². The number of rotatable bonds is 4. The molecule has 1 N–H and O–H groups in total. The fourth-order valence-electron chi connectivity index (χ4n) is 3.07. The van der Waals surface area contributed by atoms with E-state index in [-0.39, 0.29) is 0 Å². The molecule has 27 heavy (non-hydrogen) atoms. The van der Waals surface area contributed by atoms with Crippen molar-refractivity contribution in [1.82, 2.24) is 9.99 Å². The van der Waals surface area contributed by atoms with Gasteiger partial charge < -0.3 is 8.98 Å². The van der Waals surface area contributed by atoms with Crippen LogP contribution in [0.3, 0.4) is 0 Å². The fourth-order valence-corrected chi connectivity index (χ4v) is 4.03. The van der Waals surface area contributed by atoms with Crippen molar-refractivity contribution in [2.45, 2.75) is 20.4 Å². The first-order valence-electron chi connectivity index (χ1n) is 8.59. The molecule has 5 nitrogen and oxygen atoms in total. The van der Waals surface area contributed by atoms with Crippen LogP contribution in [0.25, 0.3) is 0 Å². The van der Waals surface area contributed by atoms with Gasteiger partial charge in [-0.25, -0.2) is 4.99 Å². The quantitative estimate of drug-likeness (QED) is 0.662. The molecule has 3 aromatic rings. The number of furan rings is 1. The number of aliphatic imine (C=N–C) groups is 1. The van der Waals surface area contributed by atoms with Gasteiger partial charge in [0.2, 0.25) is 0 Å². The summed E-state index contributed by atoms with van der Waals surface area (Å²) >= 11 is 7.65. The highest BCUT2D eigenvalue weighted by atomic mass is 35.5. The Kier molecular flexibility index (Phi) is 5.09. The Balaban J connectivity index is 1.54. The number of amidine groups is 1. The van der Waals surface area contributed by atoms with Crippen LogP contribution in [0.4, 0.5) is 5.69 Å². The molecule has 1 aliphatic heterocycles. The number of benzene rings is 1. The summed E-state index contributed by atoms with van der Waals surface area (Å²) in [5.41, 5.74) is 8.42. The van der Waals surface area contributed by atoms with Crippen LogP contribution in [0.2, 0.25) is 5.02 Å². The smallest absolute Gasteiger partial charge is 0.182 e. The van der Waals surface area contributed by atoms with Crippen LogP contribution < -0.4 is 5.43 Å². The molecule has 1 aromatic carbocycles.